The molecular weight excluding hydrogens is 256 g/mol. The molecule has 0 radical (unpaired) electrons. The Balaban J connectivity index is 1.83. The van der Waals surface area contributed by atoms with Crippen molar-refractivity contribution < 1.29 is 14.3 Å². The van der Waals surface area contributed by atoms with Gasteiger partial charge < -0.3 is 19.7 Å². The van der Waals surface area contributed by atoms with Gasteiger partial charge in [0, 0.05) is 19.6 Å². The average molecular weight is 276 g/mol. The normalized spacial score (nSPS) is 21.4. The van der Waals surface area contributed by atoms with Gasteiger partial charge in [0.05, 0.1) is 5.56 Å². The lowest BCUT2D eigenvalue weighted by molar-refractivity contribution is 0.0698. The Kier molecular flexibility index (Phi) is 3.78. The third-order valence-corrected chi connectivity index (χ3v) is 3.94. The molecule has 1 aromatic carbocycles. The van der Waals surface area contributed by atoms with E-state index in [2.05, 4.69) is 5.32 Å². The molecule has 0 aliphatic carbocycles. The summed E-state index contributed by atoms with van der Waals surface area (Å²) in [7, 11) is 1.86. The van der Waals surface area contributed by atoms with Crippen molar-refractivity contribution in [1.82, 2.24) is 10.2 Å². The van der Waals surface area contributed by atoms with E-state index in [1.54, 1.807) is 0 Å². The SMILES string of the molecule is CN(C(=O)c1cccc2c1OCCO2)[C@@H]1CCCNC1. The van der Waals surface area contributed by atoms with Crippen molar-refractivity contribution in [1.29, 1.82) is 0 Å². The summed E-state index contributed by atoms with van der Waals surface area (Å²) in [6.45, 7) is 2.92. The number of nitrogens with zero attached hydrogens (tertiary/aromatic N) is 1. The van der Waals surface area contributed by atoms with E-state index in [0.717, 1.165) is 25.9 Å². The molecule has 1 aromatic rings. The van der Waals surface area contributed by atoms with Gasteiger partial charge in [0.15, 0.2) is 11.5 Å². The van der Waals surface area contributed by atoms with Gasteiger partial charge in [0.2, 0.25) is 0 Å². The van der Waals surface area contributed by atoms with Crippen molar-refractivity contribution in [3.63, 3.8) is 0 Å². The van der Waals surface area contributed by atoms with Gasteiger partial charge in [-0.25, -0.2) is 0 Å². The first-order valence-electron chi connectivity index (χ1n) is 7.14. The van der Waals surface area contributed by atoms with Crippen molar-refractivity contribution in [2.45, 2.75) is 18.9 Å². The zero-order valence-corrected chi connectivity index (χ0v) is 11.7. The fraction of sp³-hybridized carbons (Fsp3) is 0.533. The molecule has 108 valence electrons. The zero-order chi connectivity index (χ0) is 13.9. The van der Waals surface area contributed by atoms with Crippen LogP contribution < -0.4 is 14.8 Å². The van der Waals surface area contributed by atoms with Crippen LogP contribution in [0, 0.1) is 0 Å². The summed E-state index contributed by atoms with van der Waals surface area (Å²) in [6.07, 6.45) is 2.15. The molecule has 5 nitrogen and oxygen atoms in total. The number of carbonyl (C=O) groups excluding carboxylic acids is 1. The summed E-state index contributed by atoms with van der Waals surface area (Å²) >= 11 is 0. The summed E-state index contributed by atoms with van der Waals surface area (Å²) in [5.74, 6) is 1.25. The van der Waals surface area contributed by atoms with E-state index in [-0.39, 0.29) is 11.9 Å². The van der Waals surface area contributed by atoms with Crippen molar-refractivity contribution in [3.05, 3.63) is 23.8 Å². The zero-order valence-electron chi connectivity index (χ0n) is 11.7. The average Bonchev–Trinajstić information content (AvgIpc) is 2.54. The molecule has 0 aromatic heterocycles. The van der Waals surface area contributed by atoms with E-state index in [1.165, 1.54) is 0 Å². The quantitative estimate of drug-likeness (QED) is 0.884. The third-order valence-electron chi connectivity index (χ3n) is 3.94. The highest BCUT2D eigenvalue weighted by molar-refractivity contribution is 5.98. The lowest BCUT2D eigenvalue weighted by Crippen LogP contribution is -2.46. The number of amides is 1. The molecule has 0 saturated carbocycles. The first-order chi connectivity index (χ1) is 9.77. The Morgan fingerprint density at radius 1 is 1.35 bits per heavy atom. The number of hydrogen-bond donors (Lipinski definition) is 1. The van der Waals surface area contributed by atoms with Crippen LogP contribution in [0.3, 0.4) is 0 Å². The maximum Gasteiger partial charge on any atom is 0.257 e. The van der Waals surface area contributed by atoms with E-state index >= 15 is 0 Å². The Bertz CT molecular complexity index is 498. The van der Waals surface area contributed by atoms with Crippen LogP contribution in [0.25, 0.3) is 0 Å². The van der Waals surface area contributed by atoms with Crippen LogP contribution in [0.4, 0.5) is 0 Å². The molecule has 1 amide bonds. The number of para-hydroxylation sites is 1. The first kappa shape index (κ1) is 13.2. The molecule has 0 spiro atoms. The number of piperidine rings is 1. The van der Waals surface area contributed by atoms with Gasteiger partial charge in [-0.05, 0) is 31.5 Å². The van der Waals surface area contributed by atoms with Crippen LogP contribution in [0.5, 0.6) is 11.5 Å². The number of likely N-dealkylation sites (N-methyl/N-ethyl adjacent to an activating group) is 1. The Morgan fingerprint density at radius 3 is 3.00 bits per heavy atom. The van der Waals surface area contributed by atoms with E-state index in [4.69, 9.17) is 9.47 Å². The van der Waals surface area contributed by atoms with E-state index in [9.17, 15) is 4.79 Å². The van der Waals surface area contributed by atoms with Crippen LogP contribution in [0.2, 0.25) is 0 Å². The second-order valence-corrected chi connectivity index (χ2v) is 5.25. The molecule has 2 heterocycles. The lowest BCUT2D eigenvalue weighted by Gasteiger charge is -2.32. The summed E-state index contributed by atoms with van der Waals surface area (Å²) < 4.78 is 11.2. The molecule has 1 fully saturated rings. The van der Waals surface area contributed by atoms with E-state index in [1.807, 2.05) is 30.1 Å². The lowest BCUT2D eigenvalue weighted by atomic mass is 10.0. The van der Waals surface area contributed by atoms with Gasteiger partial charge >= 0.3 is 0 Å². The van der Waals surface area contributed by atoms with Crippen molar-refractivity contribution in [2.24, 2.45) is 0 Å². The minimum Gasteiger partial charge on any atom is -0.486 e. The summed E-state index contributed by atoms with van der Waals surface area (Å²) in [5.41, 5.74) is 0.593. The second-order valence-electron chi connectivity index (χ2n) is 5.25. The molecule has 5 heteroatoms. The Hall–Kier alpha value is -1.75. The van der Waals surface area contributed by atoms with Gasteiger partial charge in [-0.2, -0.15) is 0 Å². The maximum absolute atomic E-state index is 12.7. The van der Waals surface area contributed by atoms with Gasteiger partial charge in [-0.3, -0.25) is 4.79 Å². The minimum absolute atomic E-state index is 0.000972. The van der Waals surface area contributed by atoms with Crippen LogP contribution in [-0.4, -0.2) is 50.2 Å². The first-order valence-corrected chi connectivity index (χ1v) is 7.14. The molecule has 0 bridgehead atoms. The smallest absolute Gasteiger partial charge is 0.257 e. The standard InChI is InChI=1S/C15H20N2O3/c1-17(11-4-3-7-16-10-11)15(18)12-5-2-6-13-14(12)20-9-8-19-13/h2,5-6,11,16H,3-4,7-10H2,1H3/t11-/m1/s1. The molecule has 3 rings (SSSR count). The molecule has 1 saturated heterocycles. The Morgan fingerprint density at radius 2 is 2.20 bits per heavy atom. The number of carbonyl (C=O) groups is 1. The van der Waals surface area contributed by atoms with Crippen LogP contribution >= 0.6 is 0 Å². The highest BCUT2D eigenvalue weighted by Crippen LogP contribution is 2.34. The molecule has 2 aliphatic rings. The monoisotopic (exact) mass is 276 g/mol. The summed E-state index contributed by atoms with van der Waals surface area (Å²) in [5, 5.41) is 3.33. The maximum atomic E-state index is 12.7. The van der Waals surface area contributed by atoms with Crippen LogP contribution in [0.1, 0.15) is 23.2 Å². The predicted molar refractivity (Wildman–Crippen MR) is 75.4 cm³/mol. The topological polar surface area (TPSA) is 50.8 Å². The molecule has 0 unspecified atom stereocenters. The van der Waals surface area contributed by atoms with E-state index < -0.39 is 0 Å². The number of ether oxygens (including phenoxy) is 2. The van der Waals surface area contributed by atoms with Gasteiger partial charge in [-0.15, -0.1) is 0 Å². The van der Waals surface area contributed by atoms with Gasteiger partial charge in [0.25, 0.3) is 5.91 Å². The largest absolute Gasteiger partial charge is 0.486 e. The van der Waals surface area contributed by atoms with Crippen molar-refractivity contribution in [2.75, 3.05) is 33.4 Å². The summed E-state index contributed by atoms with van der Waals surface area (Å²) in [6, 6.07) is 5.74. The predicted octanol–water partition coefficient (Wildman–Crippen LogP) is 1.28. The number of fused-ring (bicyclic) bond motifs is 1. The molecule has 1 atom stereocenters. The number of benzene rings is 1. The summed E-state index contributed by atoms with van der Waals surface area (Å²) in [4.78, 5) is 14.5. The molecule has 2 aliphatic heterocycles. The van der Waals surface area contributed by atoms with Crippen LogP contribution in [0.15, 0.2) is 18.2 Å². The third kappa shape index (κ3) is 2.45. The fourth-order valence-corrected chi connectivity index (χ4v) is 2.76. The minimum atomic E-state index is 0.000972. The second kappa shape index (κ2) is 5.71. The number of rotatable bonds is 2. The van der Waals surface area contributed by atoms with Gasteiger partial charge in [0.1, 0.15) is 13.2 Å². The fourth-order valence-electron chi connectivity index (χ4n) is 2.76. The highest BCUT2D eigenvalue weighted by atomic mass is 16.6. The molecule has 20 heavy (non-hydrogen) atoms. The van der Waals surface area contributed by atoms with Crippen LogP contribution in [-0.2, 0) is 0 Å². The molecule has 1 N–H and O–H groups in total. The molecular formula is C15H20N2O3. The van der Waals surface area contributed by atoms with Crippen molar-refractivity contribution >= 4 is 5.91 Å². The van der Waals surface area contributed by atoms with Crippen molar-refractivity contribution in [3.8, 4) is 11.5 Å². The highest BCUT2D eigenvalue weighted by Gasteiger charge is 2.27. The van der Waals surface area contributed by atoms with E-state index in [0.29, 0.717) is 30.3 Å². The Labute approximate surface area is 118 Å². The number of nitrogens with one attached hydrogen (secondary N) is 1. The number of hydrogen-bond acceptors (Lipinski definition) is 4. The van der Waals surface area contributed by atoms with Gasteiger partial charge in [-0.1, -0.05) is 6.07 Å².